The van der Waals surface area contributed by atoms with Gasteiger partial charge in [-0.05, 0) is 48.6 Å². The Hall–Kier alpha value is -3.39. The lowest BCUT2D eigenvalue weighted by Gasteiger charge is -2.29. The molecule has 3 aromatic rings. The van der Waals surface area contributed by atoms with Crippen molar-refractivity contribution >= 4 is 40.2 Å². The fourth-order valence-electron chi connectivity index (χ4n) is 3.77. The van der Waals surface area contributed by atoms with Crippen molar-refractivity contribution in [2.24, 2.45) is 0 Å². The van der Waals surface area contributed by atoms with Crippen LogP contribution in [0.5, 0.6) is 0 Å². The van der Waals surface area contributed by atoms with Gasteiger partial charge in [-0.15, -0.1) is 11.3 Å². The van der Waals surface area contributed by atoms with Gasteiger partial charge in [-0.1, -0.05) is 0 Å². The minimum atomic E-state index is -0.654. The van der Waals surface area contributed by atoms with Crippen LogP contribution in [0.1, 0.15) is 22.9 Å². The maximum atomic E-state index is 13.1. The van der Waals surface area contributed by atoms with Gasteiger partial charge >= 0.3 is 5.97 Å². The van der Waals surface area contributed by atoms with Crippen LogP contribution in [0.4, 0.5) is 0 Å². The first kappa shape index (κ1) is 18.6. The maximum Gasteiger partial charge on any atom is 0.347 e. The number of aromatic nitrogens is 2. The molecule has 0 atom stereocenters. The number of Topliss-reactive ketones (excluding diaryl/α,β-unsaturated/α-hetero) is 1. The Morgan fingerprint density at radius 3 is 3.20 bits per heavy atom. The summed E-state index contributed by atoms with van der Waals surface area (Å²) in [5.41, 5.74) is 2.75. The molecule has 5 heterocycles. The summed E-state index contributed by atoms with van der Waals surface area (Å²) in [5, 5.41) is 2.93. The smallest absolute Gasteiger partial charge is 0.347 e. The van der Waals surface area contributed by atoms with Gasteiger partial charge in [0, 0.05) is 34.8 Å². The summed E-state index contributed by atoms with van der Waals surface area (Å²) >= 11 is 1.67. The van der Waals surface area contributed by atoms with Crippen molar-refractivity contribution in [3.05, 3.63) is 69.2 Å². The number of rotatable bonds is 4. The number of aromatic amines is 1. The summed E-state index contributed by atoms with van der Waals surface area (Å²) in [6.45, 7) is 3.17. The molecule has 3 aromatic heterocycles. The molecule has 0 radical (unpaired) electrons. The van der Waals surface area contributed by atoms with Crippen LogP contribution in [0.15, 0.2) is 53.2 Å². The van der Waals surface area contributed by atoms with Gasteiger partial charge < -0.3 is 19.4 Å². The molecule has 0 aromatic carbocycles. The zero-order valence-corrected chi connectivity index (χ0v) is 17.1. The van der Waals surface area contributed by atoms with Crippen molar-refractivity contribution < 1.29 is 19.1 Å². The van der Waals surface area contributed by atoms with Crippen LogP contribution >= 0.6 is 11.3 Å². The lowest BCUT2D eigenvalue weighted by atomic mass is 10.1. The van der Waals surface area contributed by atoms with E-state index in [2.05, 4.69) is 21.4 Å². The number of nitrogens with zero attached hydrogens (tertiary/aromatic N) is 2. The molecule has 0 saturated heterocycles. The van der Waals surface area contributed by atoms with E-state index in [9.17, 15) is 9.59 Å². The second kappa shape index (κ2) is 7.46. The number of hydrogen-bond acceptors (Lipinski definition) is 7. The van der Waals surface area contributed by atoms with Gasteiger partial charge in [0.2, 0.25) is 11.7 Å². The van der Waals surface area contributed by atoms with Crippen LogP contribution in [0.25, 0.3) is 17.1 Å². The number of nitrogens with one attached hydrogen (secondary N) is 1. The maximum absolute atomic E-state index is 13.1. The van der Waals surface area contributed by atoms with Crippen molar-refractivity contribution in [2.45, 2.75) is 19.9 Å². The second-order valence-corrected chi connectivity index (χ2v) is 8.03. The van der Waals surface area contributed by atoms with Crippen LogP contribution in [0.2, 0.25) is 0 Å². The fraction of sp³-hybridized carbons (Fsp3) is 0.227. The number of carbonyl (C=O) groups excluding carboxylic acids is 2. The molecule has 0 fully saturated rings. The van der Waals surface area contributed by atoms with Gasteiger partial charge in [-0.25, -0.2) is 9.78 Å². The minimum absolute atomic E-state index is 0.0407. The highest BCUT2D eigenvalue weighted by molar-refractivity contribution is 7.10. The van der Waals surface area contributed by atoms with Gasteiger partial charge in [0.05, 0.1) is 13.2 Å². The Labute approximate surface area is 176 Å². The third-order valence-electron chi connectivity index (χ3n) is 5.23. The van der Waals surface area contributed by atoms with Crippen molar-refractivity contribution in [1.82, 2.24) is 14.9 Å². The topological polar surface area (TPSA) is 84.5 Å². The Morgan fingerprint density at radius 1 is 1.43 bits per heavy atom. The van der Waals surface area contributed by atoms with Gasteiger partial charge in [-0.2, -0.15) is 0 Å². The quantitative estimate of drug-likeness (QED) is 0.395. The largest absolute Gasteiger partial charge is 0.462 e. The Bertz CT molecular complexity index is 1220. The number of esters is 1. The highest BCUT2D eigenvalue weighted by Gasteiger charge is 2.40. The van der Waals surface area contributed by atoms with Crippen LogP contribution in [-0.2, 0) is 32.0 Å². The molecule has 152 valence electrons. The Morgan fingerprint density at radius 2 is 2.33 bits per heavy atom. The Balaban J connectivity index is 1.52. The number of allylic oxidation sites excluding steroid dienone is 1. The number of fused-ring (bicyclic) bond motifs is 2. The molecule has 7 nitrogen and oxygen atoms in total. The zero-order valence-electron chi connectivity index (χ0n) is 16.3. The summed E-state index contributed by atoms with van der Waals surface area (Å²) < 4.78 is 11.2. The summed E-state index contributed by atoms with van der Waals surface area (Å²) in [6.07, 6.45) is 5.95. The summed E-state index contributed by atoms with van der Waals surface area (Å²) in [7, 11) is 0. The van der Waals surface area contributed by atoms with Crippen molar-refractivity contribution in [2.75, 3.05) is 13.2 Å². The van der Waals surface area contributed by atoms with E-state index in [1.165, 1.54) is 10.4 Å². The van der Waals surface area contributed by atoms with Gasteiger partial charge in [0.1, 0.15) is 5.65 Å². The Kier molecular flexibility index (Phi) is 4.63. The molecule has 0 bridgehead atoms. The van der Waals surface area contributed by atoms with Crippen LogP contribution in [0.3, 0.4) is 0 Å². The number of H-pyrrole nitrogens is 1. The SMILES string of the molecule is CCOC(=O)C1=C(N2CCc3ccsc3C2)OC(=Cc2c[nH]c3ncccc23)C1=O. The van der Waals surface area contributed by atoms with Crippen LogP contribution in [-0.4, -0.2) is 39.8 Å². The highest BCUT2D eigenvalue weighted by Crippen LogP contribution is 2.34. The molecule has 0 saturated carbocycles. The first-order valence-electron chi connectivity index (χ1n) is 9.73. The number of carbonyl (C=O) groups is 2. The standard InChI is InChI=1S/C22H19N3O4S/c1-2-28-22(27)18-19(26)16(10-14-11-24-20-15(14)4-3-7-23-20)29-21(18)25-8-5-13-6-9-30-17(13)12-25/h3-4,6-7,9-11H,2,5,8,12H2,1H3,(H,23,24). The first-order valence-corrected chi connectivity index (χ1v) is 10.6. The third-order valence-corrected chi connectivity index (χ3v) is 6.18. The van der Waals surface area contributed by atoms with Crippen molar-refractivity contribution in [3.63, 3.8) is 0 Å². The molecular weight excluding hydrogens is 402 g/mol. The predicted octanol–water partition coefficient (Wildman–Crippen LogP) is 3.40. The lowest BCUT2D eigenvalue weighted by molar-refractivity contribution is -0.139. The van der Waals surface area contributed by atoms with Crippen molar-refractivity contribution in [3.8, 4) is 0 Å². The number of ether oxygens (including phenoxy) is 2. The molecule has 0 unspecified atom stereocenters. The second-order valence-electron chi connectivity index (χ2n) is 7.02. The number of ketones is 1. The van der Waals surface area contributed by atoms with E-state index in [1.54, 1.807) is 36.7 Å². The lowest BCUT2D eigenvalue weighted by Crippen LogP contribution is -2.31. The van der Waals surface area contributed by atoms with E-state index in [0.29, 0.717) is 13.1 Å². The van der Waals surface area contributed by atoms with Crippen LogP contribution < -0.4 is 0 Å². The molecule has 2 aliphatic rings. The molecule has 2 aliphatic heterocycles. The van der Waals surface area contributed by atoms with E-state index in [-0.39, 0.29) is 23.8 Å². The van der Waals surface area contributed by atoms with E-state index < -0.39 is 11.8 Å². The van der Waals surface area contributed by atoms with E-state index in [0.717, 1.165) is 23.0 Å². The minimum Gasteiger partial charge on any atom is -0.462 e. The molecule has 1 N–H and O–H groups in total. The fourth-order valence-corrected chi connectivity index (χ4v) is 4.72. The molecular formula is C22H19N3O4S. The highest BCUT2D eigenvalue weighted by atomic mass is 32.1. The molecule has 0 amide bonds. The van der Waals surface area contributed by atoms with Gasteiger partial charge in [0.15, 0.2) is 11.3 Å². The van der Waals surface area contributed by atoms with Crippen molar-refractivity contribution in [1.29, 1.82) is 0 Å². The van der Waals surface area contributed by atoms with Gasteiger partial charge in [0.25, 0.3) is 0 Å². The summed E-state index contributed by atoms with van der Waals surface area (Å²) in [6, 6.07) is 5.86. The number of thiophene rings is 1. The molecule has 5 rings (SSSR count). The number of hydrogen-bond donors (Lipinski definition) is 1. The number of pyridine rings is 1. The predicted molar refractivity (Wildman–Crippen MR) is 112 cm³/mol. The molecule has 0 spiro atoms. The average Bonchev–Trinajstić information content (AvgIpc) is 3.46. The van der Waals surface area contributed by atoms with E-state index in [4.69, 9.17) is 9.47 Å². The average molecular weight is 421 g/mol. The van der Waals surface area contributed by atoms with Crippen LogP contribution in [0, 0.1) is 0 Å². The van der Waals surface area contributed by atoms with E-state index in [1.807, 2.05) is 17.0 Å². The third kappa shape index (κ3) is 3.09. The molecule has 30 heavy (non-hydrogen) atoms. The molecule has 0 aliphatic carbocycles. The van der Waals surface area contributed by atoms with Gasteiger partial charge in [-0.3, -0.25) is 4.79 Å². The zero-order chi connectivity index (χ0) is 20.7. The van der Waals surface area contributed by atoms with E-state index >= 15 is 0 Å². The first-order chi connectivity index (χ1) is 14.7. The summed E-state index contributed by atoms with van der Waals surface area (Å²) in [5.74, 6) is -0.728. The summed E-state index contributed by atoms with van der Waals surface area (Å²) in [4.78, 5) is 36.3. The normalized spacial score (nSPS) is 17.6. The monoisotopic (exact) mass is 421 g/mol. The molecule has 8 heteroatoms.